The molecule has 1 rings (SSSR count). The SMILES string of the molecule is CCC(N)(CC)CCOc1ccc(N)cc1O. The molecule has 0 heterocycles. The van der Waals surface area contributed by atoms with Gasteiger partial charge in [-0.05, 0) is 31.4 Å². The van der Waals surface area contributed by atoms with Crippen LogP contribution in [0.15, 0.2) is 18.2 Å². The van der Waals surface area contributed by atoms with Crippen LogP contribution in [0.25, 0.3) is 0 Å². The van der Waals surface area contributed by atoms with Crippen molar-refractivity contribution in [3.8, 4) is 11.5 Å². The largest absolute Gasteiger partial charge is 0.504 e. The van der Waals surface area contributed by atoms with Crippen molar-refractivity contribution in [3.05, 3.63) is 18.2 Å². The molecule has 0 amide bonds. The van der Waals surface area contributed by atoms with E-state index in [1.807, 2.05) is 0 Å². The maximum atomic E-state index is 9.60. The van der Waals surface area contributed by atoms with Crippen molar-refractivity contribution in [2.75, 3.05) is 12.3 Å². The highest BCUT2D eigenvalue weighted by atomic mass is 16.5. The highest BCUT2D eigenvalue weighted by Gasteiger charge is 2.20. The Balaban J connectivity index is 2.51. The summed E-state index contributed by atoms with van der Waals surface area (Å²) in [6.45, 7) is 4.64. The zero-order valence-electron chi connectivity index (χ0n) is 10.6. The van der Waals surface area contributed by atoms with Gasteiger partial charge in [0.15, 0.2) is 11.5 Å². The molecule has 0 spiro atoms. The molecule has 0 saturated carbocycles. The van der Waals surface area contributed by atoms with Crippen molar-refractivity contribution in [1.29, 1.82) is 0 Å². The predicted molar refractivity (Wildman–Crippen MR) is 70.1 cm³/mol. The van der Waals surface area contributed by atoms with E-state index in [9.17, 15) is 5.11 Å². The summed E-state index contributed by atoms with van der Waals surface area (Å²) in [5, 5.41) is 9.60. The standard InChI is InChI=1S/C13H22N2O2/c1-3-13(15,4-2)7-8-17-12-6-5-10(14)9-11(12)16/h5-6,9,16H,3-4,7-8,14-15H2,1-2H3. The Labute approximate surface area is 103 Å². The summed E-state index contributed by atoms with van der Waals surface area (Å²) >= 11 is 0. The lowest BCUT2D eigenvalue weighted by molar-refractivity contribution is 0.240. The van der Waals surface area contributed by atoms with E-state index < -0.39 is 0 Å². The van der Waals surface area contributed by atoms with Crippen LogP contribution in [0.4, 0.5) is 5.69 Å². The summed E-state index contributed by atoms with van der Waals surface area (Å²) < 4.78 is 5.51. The molecule has 0 aliphatic rings. The molecule has 0 aromatic heterocycles. The molecule has 0 radical (unpaired) electrons. The van der Waals surface area contributed by atoms with E-state index in [1.165, 1.54) is 6.07 Å². The maximum absolute atomic E-state index is 9.60. The number of nitrogen functional groups attached to an aromatic ring is 1. The van der Waals surface area contributed by atoms with Crippen LogP contribution in [-0.4, -0.2) is 17.3 Å². The van der Waals surface area contributed by atoms with Gasteiger partial charge < -0.3 is 21.3 Å². The number of anilines is 1. The number of nitrogens with two attached hydrogens (primary N) is 2. The smallest absolute Gasteiger partial charge is 0.161 e. The molecule has 4 nitrogen and oxygen atoms in total. The number of hydrogen-bond acceptors (Lipinski definition) is 4. The summed E-state index contributed by atoms with van der Waals surface area (Å²) in [5.74, 6) is 0.523. The van der Waals surface area contributed by atoms with E-state index in [2.05, 4.69) is 13.8 Å². The zero-order chi connectivity index (χ0) is 12.9. The van der Waals surface area contributed by atoms with Crippen LogP contribution in [-0.2, 0) is 0 Å². The second kappa shape index (κ2) is 5.77. The molecule has 0 bridgehead atoms. The van der Waals surface area contributed by atoms with Gasteiger partial charge in [0.25, 0.3) is 0 Å². The van der Waals surface area contributed by atoms with E-state index in [0.717, 1.165) is 19.3 Å². The van der Waals surface area contributed by atoms with Crippen LogP contribution < -0.4 is 16.2 Å². The van der Waals surface area contributed by atoms with Crippen molar-refractivity contribution in [2.45, 2.75) is 38.6 Å². The van der Waals surface area contributed by atoms with E-state index in [-0.39, 0.29) is 11.3 Å². The first-order chi connectivity index (χ1) is 8.00. The van der Waals surface area contributed by atoms with Gasteiger partial charge in [0.05, 0.1) is 6.61 Å². The molecule has 0 unspecified atom stereocenters. The van der Waals surface area contributed by atoms with Gasteiger partial charge in [-0.2, -0.15) is 0 Å². The number of phenols is 1. The predicted octanol–water partition coefficient (Wildman–Crippen LogP) is 2.26. The number of hydrogen-bond donors (Lipinski definition) is 3. The molecule has 0 atom stereocenters. The molecule has 1 aromatic rings. The molecule has 1 aromatic carbocycles. The van der Waals surface area contributed by atoms with Gasteiger partial charge in [0, 0.05) is 17.3 Å². The fourth-order valence-electron chi connectivity index (χ4n) is 1.62. The van der Waals surface area contributed by atoms with E-state index in [4.69, 9.17) is 16.2 Å². The van der Waals surface area contributed by atoms with Gasteiger partial charge in [0.1, 0.15) is 0 Å². The second-order valence-corrected chi connectivity index (χ2v) is 4.40. The van der Waals surface area contributed by atoms with Crippen molar-refractivity contribution < 1.29 is 9.84 Å². The summed E-state index contributed by atoms with van der Waals surface area (Å²) in [6, 6.07) is 4.84. The van der Waals surface area contributed by atoms with Crippen LogP contribution >= 0.6 is 0 Å². The van der Waals surface area contributed by atoms with Crippen LogP contribution in [0.3, 0.4) is 0 Å². The number of benzene rings is 1. The Hall–Kier alpha value is -1.42. The third-order valence-corrected chi connectivity index (χ3v) is 3.25. The minimum atomic E-state index is -0.177. The van der Waals surface area contributed by atoms with Crippen LogP contribution in [0, 0.1) is 0 Å². The van der Waals surface area contributed by atoms with Gasteiger partial charge >= 0.3 is 0 Å². The number of rotatable bonds is 6. The molecule has 5 N–H and O–H groups in total. The van der Waals surface area contributed by atoms with E-state index >= 15 is 0 Å². The molecule has 0 aliphatic carbocycles. The monoisotopic (exact) mass is 238 g/mol. The molecule has 0 aliphatic heterocycles. The second-order valence-electron chi connectivity index (χ2n) is 4.40. The first-order valence-electron chi connectivity index (χ1n) is 6.01. The fraction of sp³-hybridized carbons (Fsp3) is 0.538. The zero-order valence-corrected chi connectivity index (χ0v) is 10.6. The summed E-state index contributed by atoms with van der Waals surface area (Å²) in [4.78, 5) is 0. The Morgan fingerprint density at radius 3 is 2.47 bits per heavy atom. The van der Waals surface area contributed by atoms with E-state index in [0.29, 0.717) is 18.0 Å². The molecular formula is C13H22N2O2. The van der Waals surface area contributed by atoms with Crippen molar-refractivity contribution >= 4 is 5.69 Å². The van der Waals surface area contributed by atoms with Crippen LogP contribution in [0.1, 0.15) is 33.1 Å². The fourth-order valence-corrected chi connectivity index (χ4v) is 1.62. The number of ether oxygens (including phenoxy) is 1. The first-order valence-corrected chi connectivity index (χ1v) is 6.01. The summed E-state index contributed by atoms with van der Waals surface area (Å²) in [7, 11) is 0. The third-order valence-electron chi connectivity index (χ3n) is 3.25. The van der Waals surface area contributed by atoms with Gasteiger partial charge in [-0.15, -0.1) is 0 Å². The average molecular weight is 238 g/mol. The Kier molecular flexibility index (Phi) is 4.63. The molecular weight excluding hydrogens is 216 g/mol. The lowest BCUT2D eigenvalue weighted by atomic mass is 9.91. The minimum Gasteiger partial charge on any atom is -0.504 e. The number of aromatic hydroxyl groups is 1. The van der Waals surface area contributed by atoms with Crippen LogP contribution in [0.2, 0.25) is 0 Å². The minimum absolute atomic E-state index is 0.0700. The Morgan fingerprint density at radius 1 is 1.29 bits per heavy atom. The molecule has 0 fully saturated rings. The Morgan fingerprint density at radius 2 is 1.94 bits per heavy atom. The molecule has 4 heteroatoms. The first kappa shape index (κ1) is 13.6. The van der Waals surface area contributed by atoms with Gasteiger partial charge in [-0.25, -0.2) is 0 Å². The van der Waals surface area contributed by atoms with Gasteiger partial charge in [0.2, 0.25) is 0 Å². The topological polar surface area (TPSA) is 81.5 Å². The average Bonchev–Trinajstić information content (AvgIpc) is 2.32. The molecule has 96 valence electrons. The summed E-state index contributed by atoms with van der Waals surface area (Å²) in [5.41, 5.74) is 12.0. The third kappa shape index (κ3) is 3.82. The normalized spacial score (nSPS) is 11.5. The van der Waals surface area contributed by atoms with Crippen molar-refractivity contribution in [3.63, 3.8) is 0 Å². The van der Waals surface area contributed by atoms with Crippen molar-refractivity contribution in [2.24, 2.45) is 5.73 Å². The van der Waals surface area contributed by atoms with Gasteiger partial charge in [-0.3, -0.25) is 0 Å². The van der Waals surface area contributed by atoms with E-state index in [1.54, 1.807) is 12.1 Å². The molecule has 17 heavy (non-hydrogen) atoms. The highest BCUT2D eigenvalue weighted by Crippen LogP contribution is 2.28. The molecule has 0 saturated heterocycles. The lowest BCUT2D eigenvalue weighted by Gasteiger charge is -2.26. The number of phenolic OH excluding ortho intramolecular Hbond substituents is 1. The Bertz CT molecular complexity index is 362. The lowest BCUT2D eigenvalue weighted by Crippen LogP contribution is -2.39. The van der Waals surface area contributed by atoms with Crippen molar-refractivity contribution in [1.82, 2.24) is 0 Å². The quantitative estimate of drug-likeness (QED) is 0.664. The van der Waals surface area contributed by atoms with Gasteiger partial charge in [-0.1, -0.05) is 13.8 Å². The highest BCUT2D eigenvalue weighted by molar-refractivity contribution is 5.51. The van der Waals surface area contributed by atoms with Crippen LogP contribution in [0.5, 0.6) is 11.5 Å². The maximum Gasteiger partial charge on any atom is 0.161 e. The summed E-state index contributed by atoms with van der Waals surface area (Å²) in [6.07, 6.45) is 2.60.